The van der Waals surface area contributed by atoms with Crippen molar-refractivity contribution in [2.24, 2.45) is 0 Å². The van der Waals surface area contributed by atoms with Crippen molar-refractivity contribution in [2.45, 2.75) is 32.4 Å². The largest absolute Gasteiger partial charge is 0.506 e. The van der Waals surface area contributed by atoms with Gasteiger partial charge < -0.3 is 15.6 Å². The van der Waals surface area contributed by atoms with E-state index in [1.807, 2.05) is 12.1 Å². The third-order valence-corrected chi connectivity index (χ3v) is 3.39. The summed E-state index contributed by atoms with van der Waals surface area (Å²) in [6, 6.07) is 5.44. The van der Waals surface area contributed by atoms with E-state index in [2.05, 4.69) is 11.8 Å². The van der Waals surface area contributed by atoms with Gasteiger partial charge in [0.05, 0.1) is 11.8 Å². The van der Waals surface area contributed by atoms with Crippen LogP contribution in [0.3, 0.4) is 0 Å². The van der Waals surface area contributed by atoms with E-state index < -0.39 is 0 Å². The molecule has 18 heavy (non-hydrogen) atoms. The summed E-state index contributed by atoms with van der Waals surface area (Å²) in [5.74, 6) is 0.157. The van der Waals surface area contributed by atoms with Gasteiger partial charge >= 0.3 is 0 Å². The molecule has 4 nitrogen and oxygen atoms in total. The van der Waals surface area contributed by atoms with Gasteiger partial charge in [0.25, 0.3) is 0 Å². The summed E-state index contributed by atoms with van der Waals surface area (Å²) in [5.41, 5.74) is 7.31. The Morgan fingerprint density at radius 2 is 2.33 bits per heavy atom. The number of nitrogens with two attached hydrogens (primary N) is 1. The third kappa shape index (κ3) is 3.37. The number of phenols is 1. The van der Waals surface area contributed by atoms with E-state index in [4.69, 9.17) is 10.5 Å². The number of benzene rings is 1. The van der Waals surface area contributed by atoms with Crippen LogP contribution in [0, 0.1) is 0 Å². The molecule has 0 aromatic heterocycles. The normalized spacial score (nSPS) is 21.7. The number of aromatic hydroxyl groups is 1. The molecular formula is C14H22N2O2. The van der Waals surface area contributed by atoms with Gasteiger partial charge in [-0.05, 0) is 30.5 Å². The molecule has 1 fully saturated rings. The average Bonchev–Trinajstić information content (AvgIpc) is 2.59. The summed E-state index contributed by atoms with van der Waals surface area (Å²) in [4.78, 5) is 2.40. The summed E-state index contributed by atoms with van der Waals surface area (Å²) < 4.78 is 5.76. The van der Waals surface area contributed by atoms with Gasteiger partial charge in [-0.15, -0.1) is 0 Å². The topological polar surface area (TPSA) is 58.7 Å². The first-order valence-electron chi connectivity index (χ1n) is 6.60. The molecule has 1 unspecified atom stereocenters. The quantitative estimate of drug-likeness (QED) is 0.636. The van der Waals surface area contributed by atoms with Gasteiger partial charge in [-0.2, -0.15) is 0 Å². The molecule has 1 aromatic carbocycles. The van der Waals surface area contributed by atoms with Crippen molar-refractivity contribution in [3.63, 3.8) is 0 Å². The fourth-order valence-electron chi connectivity index (χ4n) is 2.32. The molecule has 1 aromatic rings. The molecule has 0 spiro atoms. The van der Waals surface area contributed by atoms with Crippen LogP contribution in [-0.4, -0.2) is 35.8 Å². The first-order chi connectivity index (χ1) is 8.69. The van der Waals surface area contributed by atoms with Gasteiger partial charge in [0.1, 0.15) is 5.75 Å². The number of anilines is 1. The summed E-state index contributed by atoms with van der Waals surface area (Å²) >= 11 is 0. The van der Waals surface area contributed by atoms with Crippen LogP contribution in [0.15, 0.2) is 18.2 Å². The van der Waals surface area contributed by atoms with E-state index in [0.717, 1.165) is 44.6 Å². The number of nitrogen functional groups attached to an aromatic ring is 1. The summed E-state index contributed by atoms with van der Waals surface area (Å²) in [6.45, 7) is 5.90. The minimum atomic E-state index is 0.157. The Morgan fingerprint density at radius 3 is 3.06 bits per heavy atom. The number of ether oxygens (including phenoxy) is 1. The Labute approximate surface area is 108 Å². The molecular weight excluding hydrogens is 228 g/mol. The monoisotopic (exact) mass is 250 g/mol. The van der Waals surface area contributed by atoms with Crippen LogP contribution in [0.5, 0.6) is 5.75 Å². The molecule has 1 atom stereocenters. The van der Waals surface area contributed by atoms with Gasteiger partial charge in [-0.3, -0.25) is 4.90 Å². The lowest BCUT2D eigenvalue weighted by Gasteiger charge is -2.23. The highest BCUT2D eigenvalue weighted by Crippen LogP contribution is 2.22. The third-order valence-electron chi connectivity index (χ3n) is 3.39. The van der Waals surface area contributed by atoms with Crippen molar-refractivity contribution in [1.82, 2.24) is 4.90 Å². The number of hydrogen-bond donors (Lipinski definition) is 2. The van der Waals surface area contributed by atoms with Gasteiger partial charge in [0.2, 0.25) is 0 Å². The zero-order valence-corrected chi connectivity index (χ0v) is 10.9. The van der Waals surface area contributed by atoms with Crippen LogP contribution >= 0.6 is 0 Å². The summed E-state index contributed by atoms with van der Waals surface area (Å²) in [7, 11) is 0. The van der Waals surface area contributed by atoms with Crippen LogP contribution in [0.1, 0.15) is 25.3 Å². The highest BCUT2D eigenvalue weighted by molar-refractivity contribution is 5.53. The Morgan fingerprint density at radius 1 is 1.50 bits per heavy atom. The van der Waals surface area contributed by atoms with Crippen molar-refractivity contribution < 1.29 is 9.84 Å². The minimum Gasteiger partial charge on any atom is -0.506 e. The van der Waals surface area contributed by atoms with Crippen LogP contribution in [-0.2, 0) is 11.3 Å². The maximum Gasteiger partial charge on any atom is 0.138 e. The Balaban J connectivity index is 2.00. The molecule has 100 valence electrons. The highest BCUT2D eigenvalue weighted by Gasteiger charge is 2.17. The van der Waals surface area contributed by atoms with E-state index in [1.165, 1.54) is 0 Å². The van der Waals surface area contributed by atoms with Crippen LogP contribution < -0.4 is 5.73 Å². The molecule has 1 saturated heterocycles. The maximum atomic E-state index is 9.42. The van der Waals surface area contributed by atoms with E-state index in [1.54, 1.807) is 6.07 Å². The van der Waals surface area contributed by atoms with Crippen molar-refractivity contribution in [3.8, 4) is 5.75 Å². The van der Waals surface area contributed by atoms with Crippen molar-refractivity contribution in [1.29, 1.82) is 0 Å². The SMILES string of the molecule is CCC1CN(Cc2ccc(O)c(N)c2)CCCO1. The Hall–Kier alpha value is -1.26. The Bertz CT molecular complexity index is 395. The van der Waals surface area contributed by atoms with Gasteiger partial charge in [-0.25, -0.2) is 0 Å². The molecule has 3 N–H and O–H groups in total. The number of phenolic OH excluding ortho intramolecular Hbond substituents is 1. The first-order valence-corrected chi connectivity index (χ1v) is 6.60. The zero-order valence-electron chi connectivity index (χ0n) is 10.9. The molecule has 0 aliphatic carbocycles. The molecule has 1 aliphatic heterocycles. The fourth-order valence-corrected chi connectivity index (χ4v) is 2.32. The molecule has 0 saturated carbocycles. The van der Waals surface area contributed by atoms with Gasteiger partial charge in [-0.1, -0.05) is 13.0 Å². The second-order valence-electron chi connectivity index (χ2n) is 4.88. The second-order valence-corrected chi connectivity index (χ2v) is 4.88. The average molecular weight is 250 g/mol. The lowest BCUT2D eigenvalue weighted by molar-refractivity contribution is 0.0510. The van der Waals surface area contributed by atoms with Gasteiger partial charge in [0.15, 0.2) is 0 Å². The number of nitrogens with zero attached hydrogens (tertiary/aromatic N) is 1. The standard InChI is InChI=1S/C14H22N2O2/c1-2-12-10-16(6-3-7-18-12)9-11-4-5-14(17)13(15)8-11/h4-5,8,12,17H,2-3,6-7,9-10,15H2,1H3. The maximum absolute atomic E-state index is 9.42. The zero-order chi connectivity index (χ0) is 13.0. The molecule has 0 radical (unpaired) electrons. The summed E-state index contributed by atoms with van der Waals surface area (Å²) in [6.07, 6.45) is 2.46. The first kappa shape index (κ1) is 13.2. The number of hydrogen-bond acceptors (Lipinski definition) is 4. The van der Waals surface area contributed by atoms with Crippen molar-refractivity contribution in [2.75, 3.05) is 25.4 Å². The predicted octanol–water partition coefficient (Wildman–Crippen LogP) is 1.98. The van der Waals surface area contributed by atoms with E-state index in [9.17, 15) is 5.11 Å². The fraction of sp³-hybridized carbons (Fsp3) is 0.571. The van der Waals surface area contributed by atoms with E-state index in [-0.39, 0.29) is 5.75 Å². The van der Waals surface area contributed by atoms with Crippen molar-refractivity contribution >= 4 is 5.69 Å². The lowest BCUT2D eigenvalue weighted by atomic mass is 10.1. The molecule has 0 bridgehead atoms. The van der Waals surface area contributed by atoms with Gasteiger partial charge in [0, 0.05) is 26.2 Å². The van der Waals surface area contributed by atoms with E-state index in [0.29, 0.717) is 11.8 Å². The molecule has 4 heteroatoms. The molecule has 1 aliphatic rings. The Kier molecular flexibility index (Phi) is 4.44. The summed E-state index contributed by atoms with van der Waals surface area (Å²) in [5, 5.41) is 9.42. The molecule has 0 amide bonds. The van der Waals surface area contributed by atoms with E-state index >= 15 is 0 Å². The lowest BCUT2D eigenvalue weighted by Crippen LogP contribution is -2.31. The predicted molar refractivity (Wildman–Crippen MR) is 72.4 cm³/mol. The smallest absolute Gasteiger partial charge is 0.138 e. The van der Waals surface area contributed by atoms with Crippen LogP contribution in [0.25, 0.3) is 0 Å². The minimum absolute atomic E-state index is 0.157. The highest BCUT2D eigenvalue weighted by atomic mass is 16.5. The number of rotatable bonds is 3. The van der Waals surface area contributed by atoms with Crippen LogP contribution in [0.2, 0.25) is 0 Å². The molecule has 2 rings (SSSR count). The molecule has 1 heterocycles. The second kappa shape index (κ2) is 6.07. The van der Waals surface area contributed by atoms with Crippen LogP contribution in [0.4, 0.5) is 5.69 Å². The van der Waals surface area contributed by atoms with Crippen molar-refractivity contribution in [3.05, 3.63) is 23.8 Å².